The lowest BCUT2D eigenvalue weighted by Crippen LogP contribution is -2.14. The van der Waals surface area contributed by atoms with Gasteiger partial charge in [0.25, 0.3) is 5.91 Å². The zero-order valence-corrected chi connectivity index (χ0v) is 18.0. The predicted octanol–water partition coefficient (Wildman–Crippen LogP) is 5.28. The number of aryl methyl sites for hydroxylation is 3. The van der Waals surface area contributed by atoms with E-state index in [1.165, 1.54) is 0 Å². The maximum atomic E-state index is 12.6. The van der Waals surface area contributed by atoms with Gasteiger partial charge in [-0.2, -0.15) is 0 Å². The average molecular weight is 441 g/mol. The van der Waals surface area contributed by atoms with Crippen molar-refractivity contribution in [3.05, 3.63) is 69.6 Å². The van der Waals surface area contributed by atoms with Crippen LogP contribution in [0.1, 0.15) is 21.6 Å². The van der Waals surface area contributed by atoms with Gasteiger partial charge >= 0.3 is 0 Å². The van der Waals surface area contributed by atoms with Crippen molar-refractivity contribution >= 4 is 57.6 Å². The summed E-state index contributed by atoms with van der Waals surface area (Å²) in [6.45, 7) is 3.93. The van der Waals surface area contributed by atoms with Gasteiger partial charge in [0.1, 0.15) is 11.5 Å². The second-order valence-corrected chi connectivity index (χ2v) is 7.70. The predicted molar refractivity (Wildman–Crippen MR) is 120 cm³/mol. The number of nitrogens with zero attached hydrogens (tertiary/aromatic N) is 4. The third-order valence-electron chi connectivity index (χ3n) is 4.81. The van der Waals surface area contributed by atoms with Crippen LogP contribution < -0.4 is 10.6 Å². The van der Waals surface area contributed by atoms with Crippen molar-refractivity contribution in [3.8, 4) is 0 Å². The van der Waals surface area contributed by atoms with E-state index >= 15 is 0 Å². The monoisotopic (exact) mass is 440 g/mol. The van der Waals surface area contributed by atoms with Crippen LogP contribution in [-0.2, 0) is 7.05 Å². The number of anilines is 3. The summed E-state index contributed by atoms with van der Waals surface area (Å²) in [4.78, 5) is 25.7. The SMILES string of the molecule is Cc1cnc(NC(=O)c2cc3nc(Nc4c(Cl)cccc4Cl)n(C)c3cn2)cc1C. The molecule has 0 bridgehead atoms. The van der Waals surface area contributed by atoms with E-state index in [4.69, 9.17) is 23.2 Å². The van der Waals surface area contributed by atoms with Gasteiger partial charge in [0.15, 0.2) is 0 Å². The highest BCUT2D eigenvalue weighted by Crippen LogP contribution is 2.33. The Balaban J connectivity index is 1.63. The summed E-state index contributed by atoms with van der Waals surface area (Å²) < 4.78 is 1.81. The van der Waals surface area contributed by atoms with Gasteiger partial charge < -0.3 is 15.2 Å². The molecule has 0 saturated carbocycles. The molecule has 9 heteroatoms. The van der Waals surface area contributed by atoms with Crippen molar-refractivity contribution in [1.29, 1.82) is 0 Å². The first-order valence-electron chi connectivity index (χ1n) is 9.11. The van der Waals surface area contributed by atoms with Crippen molar-refractivity contribution in [2.75, 3.05) is 10.6 Å². The van der Waals surface area contributed by atoms with Crippen LogP contribution in [0.4, 0.5) is 17.5 Å². The van der Waals surface area contributed by atoms with Gasteiger partial charge in [-0.25, -0.2) is 15.0 Å². The van der Waals surface area contributed by atoms with Gasteiger partial charge in [0.2, 0.25) is 5.95 Å². The van der Waals surface area contributed by atoms with Gasteiger partial charge in [-0.15, -0.1) is 0 Å². The molecule has 2 N–H and O–H groups in total. The molecule has 0 unspecified atom stereocenters. The number of amides is 1. The lowest BCUT2D eigenvalue weighted by atomic mass is 10.2. The molecule has 0 spiro atoms. The second-order valence-electron chi connectivity index (χ2n) is 6.88. The number of carbonyl (C=O) groups excluding carboxylic acids is 1. The first-order valence-corrected chi connectivity index (χ1v) is 9.87. The Hall–Kier alpha value is -3.16. The van der Waals surface area contributed by atoms with Gasteiger partial charge in [-0.3, -0.25) is 4.79 Å². The summed E-state index contributed by atoms with van der Waals surface area (Å²) in [5.41, 5.74) is 4.26. The molecule has 0 atom stereocenters. The summed E-state index contributed by atoms with van der Waals surface area (Å²) in [6.07, 6.45) is 3.32. The Morgan fingerprint density at radius 3 is 2.47 bits per heavy atom. The van der Waals surface area contributed by atoms with Crippen molar-refractivity contribution in [2.24, 2.45) is 7.05 Å². The molecule has 0 aliphatic rings. The molecule has 4 aromatic rings. The second kappa shape index (κ2) is 7.93. The standard InChI is InChI=1S/C21H18Cl2N6O/c1-11-7-18(25-9-12(11)2)27-20(30)16-8-15-17(10-24-16)29(3)21(26-15)28-19-13(22)5-4-6-14(19)23/h4-10H,1-3H3,(H,26,28)(H,25,27,30). The molecule has 0 fully saturated rings. The maximum Gasteiger partial charge on any atom is 0.275 e. The average Bonchev–Trinajstić information content (AvgIpc) is 3.02. The molecule has 0 radical (unpaired) electrons. The Morgan fingerprint density at radius 1 is 1.03 bits per heavy atom. The van der Waals surface area contributed by atoms with E-state index in [-0.39, 0.29) is 11.6 Å². The molecule has 4 rings (SSSR count). The third kappa shape index (κ3) is 3.81. The summed E-state index contributed by atoms with van der Waals surface area (Å²) >= 11 is 12.5. The highest BCUT2D eigenvalue weighted by atomic mass is 35.5. The zero-order chi connectivity index (χ0) is 21.4. The lowest BCUT2D eigenvalue weighted by Gasteiger charge is -2.09. The van der Waals surface area contributed by atoms with Gasteiger partial charge in [0, 0.05) is 13.2 Å². The van der Waals surface area contributed by atoms with Crippen molar-refractivity contribution in [1.82, 2.24) is 19.5 Å². The number of fused-ring (bicyclic) bond motifs is 1. The number of benzene rings is 1. The molecule has 0 aliphatic heterocycles. The van der Waals surface area contributed by atoms with Crippen LogP contribution in [0.2, 0.25) is 10.0 Å². The summed E-state index contributed by atoms with van der Waals surface area (Å²) in [5.74, 6) is 0.638. The number of hydrogen-bond donors (Lipinski definition) is 2. The minimum Gasteiger partial charge on any atom is -0.323 e. The maximum absolute atomic E-state index is 12.6. The largest absolute Gasteiger partial charge is 0.323 e. The fourth-order valence-electron chi connectivity index (χ4n) is 2.93. The van der Waals surface area contributed by atoms with E-state index in [2.05, 4.69) is 25.6 Å². The van der Waals surface area contributed by atoms with Crippen LogP contribution in [0.15, 0.2) is 42.7 Å². The lowest BCUT2D eigenvalue weighted by molar-refractivity contribution is 0.102. The fraction of sp³-hybridized carbons (Fsp3) is 0.143. The Kier molecular flexibility index (Phi) is 5.32. The molecule has 1 amide bonds. The Labute approximate surface area is 183 Å². The van der Waals surface area contributed by atoms with Gasteiger partial charge in [-0.05, 0) is 49.2 Å². The zero-order valence-electron chi connectivity index (χ0n) is 16.5. The normalized spacial score (nSPS) is 11.0. The van der Waals surface area contributed by atoms with Gasteiger partial charge in [0.05, 0.1) is 33.0 Å². The first kappa shape index (κ1) is 20.1. The highest BCUT2D eigenvalue weighted by Gasteiger charge is 2.15. The number of rotatable bonds is 4. The van der Waals surface area contributed by atoms with Crippen LogP contribution in [-0.4, -0.2) is 25.4 Å². The number of pyridine rings is 2. The number of imidazole rings is 1. The third-order valence-corrected chi connectivity index (χ3v) is 5.44. The first-order chi connectivity index (χ1) is 14.3. The topological polar surface area (TPSA) is 84.7 Å². The number of aromatic nitrogens is 4. The van der Waals surface area contributed by atoms with Crippen LogP contribution in [0.3, 0.4) is 0 Å². The van der Waals surface area contributed by atoms with Crippen LogP contribution in [0, 0.1) is 13.8 Å². The van der Waals surface area contributed by atoms with E-state index in [0.717, 1.165) is 16.6 Å². The van der Waals surface area contributed by atoms with Crippen LogP contribution >= 0.6 is 23.2 Å². The fourth-order valence-corrected chi connectivity index (χ4v) is 3.42. The molecular weight excluding hydrogens is 423 g/mol. The molecule has 152 valence electrons. The molecular formula is C21H18Cl2N6O. The molecule has 0 saturated heterocycles. The Morgan fingerprint density at radius 2 is 1.77 bits per heavy atom. The van der Waals surface area contributed by atoms with Crippen LogP contribution in [0.25, 0.3) is 11.0 Å². The number of nitrogens with one attached hydrogen (secondary N) is 2. The number of para-hydroxylation sites is 1. The van der Waals surface area contributed by atoms with E-state index in [9.17, 15) is 4.79 Å². The quantitative estimate of drug-likeness (QED) is 0.450. The van der Waals surface area contributed by atoms with Gasteiger partial charge in [-0.1, -0.05) is 29.3 Å². The molecule has 3 aromatic heterocycles. The molecule has 7 nitrogen and oxygen atoms in total. The molecule has 0 aliphatic carbocycles. The van der Waals surface area contributed by atoms with E-state index in [1.807, 2.05) is 31.5 Å². The summed E-state index contributed by atoms with van der Waals surface area (Å²) in [7, 11) is 1.84. The minimum atomic E-state index is -0.359. The number of carbonyl (C=O) groups is 1. The summed E-state index contributed by atoms with van der Waals surface area (Å²) in [6, 6.07) is 8.70. The van der Waals surface area contributed by atoms with Crippen LogP contribution in [0.5, 0.6) is 0 Å². The Bertz CT molecular complexity index is 1260. The summed E-state index contributed by atoms with van der Waals surface area (Å²) in [5, 5.41) is 6.88. The molecule has 3 heterocycles. The minimum absolute atomic E-state index is 0.239. The van der Waals surface area contributed by atoms with E-state index in [0.29, 0.717) is 33.0 Å². The molecule has 1 aromatic carbocycles. The number of halogens is 2. The number of hydrogen-bond acceptors (Lipinski definition) is 5. The smallest absolute Gasteiger partial charge is 0.275 e. The van der Waals surface area contributed by atoms with E-state index < -0.39 is 0 Å². The van der Waals surface area contributed by atoms with Crippen molar-refractivity contribution in [3.63, 3.8) is 0 Å². The van der Waals surface area contributed by atoms with Crippen molar-refractivity contribution in [2.45, 2.75) is 13.8 Å². The van der Waals surface area contributed by atoms with Crippen molar-refractivity contribution < 1.29 is 4.79 Å². The molecule has 30 heavy (non-hydrogen) atoms. The highest BCUT2D eigenvalue weighted by molar-refractivity contribution is 6.39. The van der Waals surface area contributed by atoms with E-state index in [1.54, 1.807) is 36.7 Å².